The highest BCUT2D eigenvalue weighted by molar-refractivity contribution is 6.31. The van der Waals surface area contributed by atoms with Crippen molar-refractivity contribution in [3.63, 3.8) is 0 Å². The van der Waals surface area contributed by atoms with Crippen molar-refractivity contribution in [2.75, 3.05) is 18.0 Å². The summed E-state index contributed by atoms with van der Waals surface area (Å²) in [4.78, 5) is 32.6. The minimum Gasteiger partial charge on any atom is -0.440 e. The van der Waals surface area contributed by atoms with E-state index < -0.39 is 0 Å². The normalized spacial score (nSPS) is 25.1. The van der Waals surface area contributed by atoms with E-state index in [1.54, 1.807) is 24.3 Å². The molecule has 29 heavy (non-hydrogen) atoms. The van der Waals surface area contributed by atoms with Gasteiger partial charge in [0.25, 0.3) is 5.91 Å². The maximum absolute atomic E-state index is 13.0. The number of rotatable bonds is 3. The average molecular weight is 411 g/mol. The zero-order chi connectivity index (χ0) is 20.0. The Morgan fingerprint density at radius 3 is 2.62 bits per heavy atom. The van der Waals surface area contributed by atoms with Crippen LogP contribution in [-0.4, -0.2) is 35.9 Å². The summed E-state index contributed by atoms with van der Waals surface area (Å²) >= 11 is 6.04. The summed E-state index contributed by atoms with van der Waals surface area (Å²) < 4.78 is 5.93. The second kappa shape index (κ2) is 7.28. The van der Waals surface area contributed by atoms with E-state index in [2.05, 4.69) is 4.98 Å². The molecule has 0 spiro atoms. The van der Waals surface area contributed by atoms with Gasteiger partial charge < -0.3 is 9.32 Å². The largest absolute Gasteiger partial charge is 0.440 e. The number of fused-ring (bicyclic) bond motifs is 1. The number of carbonyl (C=O) groups excluding carboxylic acids is 2. The zero-order valence-corrected chi connectivity index (χ0v) is 16.6. The minimum atomic E-state index is -0.328. The number of aromatic nitrogens is 1. The average Bonchev–Trinajstić information content (AvgIpc) is 3.29. The van der Waals surface area contributed by atoms with Gasteiger partial charge in [-0.25, -0.2) is 9.88 Å². The van der Waals surface area contributed by atoms with Crippen molar-refractivity contribution in [3.8, 4) is 0 Å². The van der Waals surface area contributed by atoms with E-state index in [4.69, 9.17) is 16.0 Å². The summed E-state index contributed by atoms with van der Waals surface area (Å²) in [7, 11) is 0. The number of piperidine rings is 1. The molecule has 7 heteroatoms. The van der Waals surface area contributed by atoms with Crippen LogP contribution in [0.1, 0.15) is 31.1 Å². The van der Waals surface area contributed by atoms with Crippen LogP contribution in [0.15, 0.2) is 52.9 Å². The molecule has 0 bridgehead atoms. The molecule has 3 aromatic rings. The number of carbonyl (C=O) groups is 2. The molecule has 2 fully saturated rings. The summed E-state index contributed by atoms with van der Waals surface area (Å²) in [5, 5.41) is 0.512. The highest BCUT2D eigenvalue weighted by Crippen LogP contribution is 2.28. The number of oxazole rings is 1. The van der Waals surface area contributed by atoms with Crippen molar-refractivity contribution in [1.82, 2.24) is 4.98 Å². The van der Waals surface area contributed by atoms with E-state index in [0.29, 0.717) is 10.7 Å². The number of imide groups is 1. The van der Waals surface area contributed by atoms with Crippen LogP contribution in [-0.2, 0) is 9.59 Å². The summed E-state index contributed by atoms with van der Waals surface area (Å²) in [6, 6.07) is 14.3. The van der Waals surface area contributed by atoms with E-state index >= 15 is 0 Å². The number of nitrogens with zero attached hydrogens (tertiary/aromatic N) is 2. The van der Waals surface area contributed by atoms with Crippen LogP contribution in [0.25, 0.3) is 11.1 Å². The van der Waals surface area contributed by atoms with Crippen molar-refractivity contribution in [2.45, 2.75) is 31.2 Å². The smallest absolute Gasteiger partial charge is 0.292 e. The van der Waals surface area contributed by atoms with Gasteiger partial charge in [-0.15, -0.1) is 0 Å². The molecule has 1 aromatic heterocycles. The fraction of sp³-hybridized carbons (Fsp3) is 0.318. The van der Waals surface area contributed by atoms with Gasteiger partial charge in [0.1, 0.15) is 5.52 Å². The number of nitrogens with one attached hydrogen (secondary N) is 1. The van der Waals surface area contributed by atoms with E-state index in [0.717, 1.165) is 42.9 Å². The number of para-hydroxylation sites is 2. The summed E-state index contributed by atoms with van der Waals surface area (Å²) in [5.74, 6) is 0.741. The number of amides is 2. The van der Waals surface area contributed by atoms with Gasteiger partial charge >= 0.3 is 0 Å². The molecule has 0 unspecified atom stereocenters. The van der Waals surface area contributed by atoms with Crippen molar-refractivity contribution < 1.29 is 18.9 Å². The molecular weight excluding hydrogens is 390 g/mol. The standard InChI is InChI=1S/C22H20ClN3O3/c23-15-4-3-5-16(12-15)26-20(27)13-18(22(26)28)25-10-8-14(9-11-25)21-24-17-6-1-2-7-19(17)29-21/h1-7,12,14,18H,8-11,13H2/p+1/t18-/m1/s1. The predicted molar refractivity (Wildman–Crippen MR) is 109 cm³/mol. The zero-order valence-electron chi connectivity index (χ0n) is 15.8. The van der Waals surface area contributed by atoms with Crippen LogP contribution in [0.4, 0.5) is 5.69 Å². The molecule has 2 amide bonds. The molecule has 1 atom stereocenters. The van der Waals surface area contributed by atoms with Crippen LogP contribution in [0.2, 0.25) is 5.02 Å². The first-order chi connectivity index (χ1) is 14.1. The number of hydrogen-bond donors (Lipinski definition) is 1. The van der Waals surface area contributed by atoms with Gasteiger partial charge in [0.15, 0.2) is 17.5 Å². The van der Waals surface area contributed by atoms with Crippen molar-refractivity contribution >= 4 is 40.2 Å². The maximum atomic E-state index is 13.0. The van der Waals surface area contributed by atoms with Crippen LogP contribution in [0.3, 0.4) is 0 Å². The molecule has 5 rings (SSSR count). The van der Waals surface area contributed by atoms with E-state index in [9.17, 15) is 9.59 Å². The van der Waals surface area contributed by atoms with Crippen LogP contribution >= 0.6 is 11.6 Å². The lowest BCUT2D eigenvalue weighted by atomic mass is 9.95. The van der Waals surface area contributed by atoms with E-state index in [1.165, 1.54) is 9.80 Å². The molecule has 0 aliphatic carbocycles. The van der Waals surface area contributed by atoms with Gasteiger partial charge in [-0.1, -0.05) is 29.8 Å². The molecule has 2 aliphatic heterocycles. The fourth-order valence-corrected chi connectivity index (χ4v) is 4.67. The van der Waals surface area contributed by atoms with Crippen LogP contribution < -0.4 is 9.80 Å². The van der Waals surface area contributed by atoms with E-state index in [-0.39, 0.29) is 30.2 Å². The SMILES string of the molecule is O=C1C[C@@H]([NH+]2CCC(c3nc4ccccc4o3)CC2)C(=O)N1c1cccc(Cl)c1. The predicted octanol–water partition coefficient (Wildman–Crippen LogP) is 2.58. The Labute approximate surface area is 173 Å². The lowest BCUT2D eigenvalue weighted by Crippen LogP contribution is -3.17. The maximum Gasteiger partial charge on any atom is 0.292 e. The van der Waals surface area contributed by atoms with Gasteiger partial charge in [-0.3, -0.25) is 9.59 Å². The molecule has 0 radical (unpaired) electrons. The van der Waals surface area contributed by atoms with Crippen LogP contribution in [0.5, 0.6) is 0 Å². The van der Waals surface area contributed by atoms with Gasteiger partial charge in [0.2, 0.25) is 5.91 Å². The van der Waals surface area contributed by atoms with Gasteiger partial charge in [-0.05, 0) is 30.3 Å². The van der Waals surface area contributed by atoms with Gasteiger partial charge in [0.05, 0.1) is 25.2 Å². The molecule has 0 saturated carbocycles. The molecule has 3 heterocycles. The molecule has 6 nitrogen and oxygen atoms in total. The van der Waals surface area contributed by atoms with Crippen molar-refractivity contribution in [1.29, 1.82) is 0 Å². The molecule has 2 saturated heterocycles. The minimum absolute atomic E-state index is 0.132. The van der Waals surface area contributed by atoms with Gasteiger partial charge in [0, 0.05) is 23.8 Å². The molecule has 1 N–H and O–H groups in total. The Morgan fingerprint density at radius 1 is 1.07 bits per heavy atom. The Bertz CT molecular complexity index is 1050. The Balaban J connectivity index is 1.28. The number of benzene rings is 2. The summed E-state index contributed by atoms with van der Waals surface area (Å²) in [6.45, 7) is 1.63. The number of halogens is 1. The lowest BCUT2D eigenvalue weighted by molar-refractivity contribution is -0.920. The third-order valence-electron chi connectivity index (χ3n) is 5.99. The lowest BCUT2D eigenvalue weighted by Gasteiger charge is -2.30. The Kier molecular flexibility index (Phi) is 4.60. The molecule has 2 aromatic carbocycles. The molecule has 2 aliphatic rings. The number of likely N-dealkylation sites (tertiary alicyclic amines) is 1. The molecular formula is C22H21ClN3O3+. The first kappa shape index (κ1) is 18.3. The summed E-state index contributed by atoms with van der Waals surface area (Å²) in [6.07, 6.45) is 2.02. The number of hydrogen-bond acceptors (Lipinski definition) is 4. The highest BCUT2D eigenvalue weighted by Gasteiger charge is 2.46. The topological polar surface area (TPSA) is 67.9 Å². The van der Waals surface area contributed by atoms with Crippen LogP contribution in [0, 0.1) is 0 Å². The molecule has 148 valence electrons. The Hall–Kier alpha value is -2.70. The second-order valence-electron chi connectivity index (χ2n) is 7.76. The highest BCUT2D eigenvalue weighted by atomic mass is 35.5. The van der Waals surface area contributed by atoms with Gasteiger partial charge in [-0.2, -0.15) is 0 Å². The monoisotopic (exact) mass is 410 g/mol. The number of quaternary nitrogens is 1. The van der Waals surface area contributed by atoms with Crippen molar-refractivity contribution in [2.24, 2.45) is 0 Å². The van der Waals surface area contributed by atoms with Crippen molar-refractivity contribution in [3.05, 3.63) is 59.4 Å². The first-order valence-electron chi connectivity index (χ1n) is 9.92. The van der Waals surface area contributed by atoms with E-state index in [1.807, 2.05) is 24.3 Å². The first-order valence-corrected chi connectivity index (χ1v) is 10.3. The third kappa shape index (κ3) is 3.32. The second-order valence-corrected chi connectivity index (χ2v) is 8.19. The Morgan fingerprint density at radius 2 is 1.86 bits per heavy atom. The quantitative estimate of drug-likeness (QED) is 0.674. The summed E-state index contributed by atoms with van der Waals surface area (Å²) in [5.41, 5.74) is 2.24. The third-order valence-corrected chi connectivity index (χ3v) is 6.23. The number of anilines is 1. The fourth-order valence-electron chi connectivity index (χ4n) is 4.49.